The molecular formula is C12H11ClN2. The summed E-state index contributed by atoms with van der Waals surface area (Å²) in [6.45, 7) is 1.88. The number of nitrogens with two attached hydrogens (primary N) is 1. The molecule has 0 fully saturated rings. The van der Waals surface area contributed by atoms with Gasteiger partial charge in [-0.1, -0.05) is 29.8 Å². The number of aromatic nitrogens is 1. The Hall–Kier alpha value is -1.54. The number of anilines is 1. The van der Waals surface area contributed by atoms with Gasteiger partial charge in [-0.25, -0.2) is 0 Å². The number of aryl methyl sites for hydroxylation is 1. The first-order valence-electron chi connectivity index (χ1n) is 4.65. The van der Waals surface area contributed by atoms with Gasteiger partial charge in [-0.15, -0.1) is 0 Å². The number of rotatable bonds is 1. The lowest BCUT2D eigenvalue weighted by Crippen LogP contribution is -1.93. The smallest absolute Gasteiger partial charge is 0.0602 e. The van der Waals surface area contributed by atoms with Crippen molar-refractivity contribution in [3.8, 4) is 11.1 Å². The fourth-order valence-corrected chi connectivity index (χ4v) is 1.64. The molecule has 2 aromatic rings. The lowest BCUT2D eigenvalue weighted by Gasteiger charge is -2.06. The van der Waals surface area contributed by atoms with Gasteiger partial charge in [0.05, 0.1) is 11.4 Å². The summed E-state index contributed by atoms with van der Waals surface area (Å²) in [6, 6.07) is 9.54. The lowest BCUT2D eigenvalue weighted by molar-refractivity contribution is 1.21. The van der Waals surface area contributed by atoms with E-state index in [1.807, 2.05) is 37.3 Å². The van der Waals surface area contributed by atoms with Crippen molar-refractivity contribution in [2.45, 2.75) is 6.92 Å². The molecule has 0 atom stereocenters. The molecule has 0 bridgehead atoms. The maximum absolute atomic E-state index is 6.08. The number of nitrogens with zero attached hydrogens (tertiary/aromatic N) is 1. The number of nitrogen functional groups attached to an aromatic ring is 1. The molecule has 1 aromatic heterocycles. The van der Waals surface area contributed by atoms with E-state index in [4.69, 9.17) is 17.3 Å². The third-order valence-electron chi connectivity index (χ3n) is 2.31. The number of halogens is 1. The van der Waals surface area contributed by atoms with Crippen LogP contribution < -0.4 is 5.73 Å². The number of pyridine rings is 1. The molecule has 0 aliphatic carbocycles. The van der Waals surface area contributed by atoms with Gasteiger partial charge in [0.15, 0.2) is 0 Å². The van der Waals surface area contributed by atoms with E-state index in [2.05, 4.69) is 4.98 Å². The van der Waals surface area contributed by atoms with E-state index in [9.17, 15) is 0 Å². The van der Waals surface area contributed by atoms with Crippen LogP contribution in [0.2, 0.25) is 5.02 Å². The van der Waals surface area contributed by atoms with Gasteiger partial charge in [0.1, 0.15) is 0 Å². The van der Waals surface area contributed by atoms with Crippen molar-refractivity contribution in [2.24, 2.45) is 0 Å². The number of hydrogen-bond acceptors (Lipinski definition) is 2. The van der Waals surface area contributed by atoms with E-state index < -0.39 is 0 Å². The summed E-state index contributed by atoms with van der Waals surface area (Å²) < 4.78 is 0. The second kappa shape index (κ2) is 3.91. The fraction of sp³-hybridized carbons (Fsp3) is 0.0833. The van der Waals surface area contributed by atoms with E-state index in [1.54, 1.807) is 6.20 Å². The van der Waals surface area contributed by atoms with Crippen LogP contribution in [0.3, 0.4) is 0 Å². The Balaban J connectivity index is 2.55. The first-order valence-corrected chi connectivity index (χ1v) is 5.03. The highest BCUT2D eigenvalue weighted by molar-refractivity contribution is 6.33. The minimum Gasteiger partial charge on any atom is -0.397 e. The summed E-state index contributed by atoms with van der Waals surface area (Å²) in [4.78, 5) is 4.21. The Bertz CT molecular complexity index is 495. The molecule has 0 aliphatic heterocycles. The van der Waals surface area contributed by atoms with Gasteiger partial charge in [0.2, 0.25) is 0 Å². The van der Waals surface area contributed by atoms with Gasteiger partial charge in [0.25, 0.3) is 0 Å². The van der Waals surface area contributed by atoms with Crippen molar-refractivity contribution in [1.82, 2.24) is 4.98 Å². The van der Waals surface area contributed by atoms with Gasteiger partial charge in [-0.2, -0.15) is 0 Å². The molecule has 0 saturated heterocycles. The van der Waals surface area contributed by atoms with E-state index in [0.717, 1.165) is 16.8 Å². The maximum atomic E-state index is 6.08. The molecule has 0 unspecified atom stereocenters. The van der Waals surface area contributed by atoms with Crippen LogP contribution in [0.4, 0.5) is 5.69 Å². The monoisotopic (exact) mass is 218 g/mol. The summed E-state index contributed by atoms with van der Waals surface area (Å²) in [6.07, 6.45) is 1.78. The maximum Gasteiger partial charge on any atom is 0.0602 e. The molecule has 15 heavy (non-hydrogen) atoms. The lowest BCUT2D eigenvalue weighted by atomic mass is 10.1. The topological polar surface area (TPSA) is 38.9 Å². The largest absolute Gasteiger partial charge is 0.397 e. The quantitative estimate of drug-likeness (QED) is 0.798. The van der Waals surface area contributed by atoms with Gasteiger partial charge < -0.3 is 5.73 Å². The van der Waals surface area contributed by atoms with E-state index in [1.165, 1.54) is 0 Å². The zero-order chi connectivity index (χ0) is 10.8. The number of benzene rings is 1. The normalized spacial score (nSPS) is 10.3. The predicted octanol–water partition coefficient (Wildman–Crippen LogP) is 3.29. The van der Waals surface area contributed by atoms with Crippen LogP contribution in [0.25, 0.3) is 11.1 Å². The summed E-state index contributed by atoms with van der Waals surface area (Å²) in [5.74, 6) is 0. The molecule has 3 heteroatoms. The van der Waals surface area contributed by atoms with Crippen molar-refractivity contribution < 1.29 is 0 Å². The van der Waals surface area contributed by atoms with Crippen LogP contribution in [0.1, 0.15) is 5.69 Å². The SMILES string of the molecule is Cc1ncc(-c2ccccc2Cl)cc1N. The predicted molar refractivity (Wildman–Crippen MR) is 63.8 cm³/mol. The van der Waals surface area contributed by atoms with E-state index >= 15 is 0 Å². The Labute approximate surface area is 93.7 Å². The minimum absolute atomic E-state index is 0.687. The van der Waals surface area contributed by atoms with Gasteiger partial charge in [-0.3, -0.25) is 4.98 Å². The average molecular weight is 219 g/mol. The second-order valence-electron chi connectivity index (χ2n) is 3.38. The zero-order valence-corrected chi connectivity index (χ0v) is 9.12. The van der Waals surface area contributed by atoms with Crippen molar-refractivity contribution in [3.05, 3.63) is 47.2 Å². The van der Waals surface area contributed by atoms with Crippen LogP contribution in [0.5, 0.6) is 0 Å². The molecule has 76 valence electrons. The van der Waals surface area contributed by atoms with Gasteiger partial charge >= 0.3 is 0 Å². The van der Waals surface area contributed by atoms with Gasteiger partial charge in [-0.05, 0) is 19.1 Å². The Morgan fingerprint density at radius 1 is 1.27 bits per heavy atom. The fourth-order valence-electron chi connectivity index (χ4n) is 1.39. The molecule has 0 aliphatic rings. The summed E-state index contributed by atoms with van der Waals surface area (Å²) in [5.41, 5.74) is 9.23. The minimum atomic E-state index is 0.687. The standard InChI is InChI=1S/C12H11ClN2/c1-8-12(14)6-9(7-15-8)10-4-2-3-5-11(10)13/h2-7H,14H2,1H3. The summed E-state index contributed by atoms with van der Waals surface area (Å²) in [7, 11) is 0. The van der Waals surface area contributed by atoms with Crippen LogP contribution in [0, 0.1) is 6.92 Å². The first kappa shape index (κ1) is 9.99. The third-order valence-corrected chi connectivity index (χ3v) is 2.64. The number of hydrogen-bond donors (Lipinski definition) is 1. The highest BCUT2D eigenvalue weighted by Crippen LogP contribution is 2.28. The highest BCUT2D eigenvalue weighted by atomic mass is 35.5. The molecular weight excluding hydrogens is 208 g/mol. The van der Waals surface area contributed by atoms with Crippen LogP contribution in [0.15, 0.2) is 36.5 Å². The molecule has 0 radical (unpaired) electrons. The molecule has 0 saturated carbocycles. The van der Waals surface area contributed by atoms with Crippen LogP contribution in [-0.2, 0) is 0 Å². The average Bonchev–Trinajstić information content (AvgIpc) is 2.23. The Morgan fingerprint density at radius 3 is 2.67 bits per heavy atom. The second-order valence-corrected chi connectivity index (χ2v) is 3.79. The molecule has 2 N–H and O–H groups in total. The van der Waals surface area contributed by atoms with E-state index in [-0.39, 0.29) is 0 Å². The Kier molecular flexibility index (Phi) is 2.60. The molecule has 0 spiro atoms. The highest BCUT2D eigenvalue weighted by Gasteiger charge is 2.04. The van der Waals surface area contributed by atoms with Crippen LogP contribution in [-0.4, -0.2) is 4.98 Å². The molecule has 1 aromatic carbocycles. The molecule has 2 rings (SSSR count). The zero-order valence-electron chi connectivity index (χ0n) is 8.37. The molecule has 0 amide bonds. The van der Waals surface area contributed by atoms with E-state index in [0.29, 0.717) is 10.7 Å². The molecule has 2 nitrogen and oxygen atoms in total. The first-order chi connectivity index (χ1) is 7.18. The van der Waals surface area contributed by atoms with Crippen molar-refractivity contribution in [3.63, 3.8) is 0 Å². The summed E-state index contributed by atoms with van der Waals surface area (Å²) in [5, 5.41) is 0.711. The molecule has 1 heterocycles. The Morgan fingerprint density at radius 2 is 2.00 bits per heavy atom. The van der Waals surface area contributed by atoms with Crippen LogP contribution >= 0.6 is 11.6 Å². The summed E-state index contributed by atoms with van der Waals surface area (Å²) >= 11 is 6.08. The van der Waals surface area contributed by atoms with Crippen molar-refractivity contribution in [2.75, 3.05) is 5.73 Å². The van der Waals surface area contributed by atoms with Crippen molar-refractivity contribution >= 4 is 17.3 Å². The van der Waals surface area contributed by atoms with Gasteiger partial charge in [0, 0.05) is 22.3 Å². The third kappa shape index (κ3) is 1.95. The van der Waals surface area contributed by atoms with Crippen molar-refractivity contribution in [1.29, 1.82) is 0 Å².